The molecule has 0 amide bonds. The number of aromatic nitrogens is 3. The summed E-state index contributed by atoms with van der Waals surface area (Å²) in [6, 6.07) is 4.86. The van der Waals surface area contributed by atoms with Gasteiger partial charge in [0.05, 0.1) is 5.52 Å². The highest BCUT2D eigenvalue weighted by Gasteiger charge is 2.11. The molecule has 2 aromatic rings. The Kier molecular flexibility index (Phi) is 1.56. The van der Waals surface area contributed by atoms with E-state index in [2.05, 4.69) is 15.4 Å². The Morgan fingerprint density at radius 3 is 2.92 bits per heavy atom. The quantitative estimate of drug-likeness (QED) is 0.453. The van der Waals surface area contributed by atoms with E-state index in [-0.39, 0.29) is 0 Å². The second kappa shape index (κ2) is 2.58. The summed E-state index contributed by atoms with van der Waals surface area (Å²) < 4.78 is 0. The fraction of sp³-hybridized carbons (Fsp3) is 0. The highest BCUT2D eigenvalue weighted by Crippen LogP contribution is 2.03. The molecule has 0 spiro atoms. The fourth-order valence-corrected chi connectivity index (χ4v) is 1.02. The Hall–Kier alpha value is -1.40. The molecule has 3 N–H and O–H groups in total. The maximum Gasteiger partial charge on any atom is 0.488 e. The SMILES string of the molecule is OB(O)c1ccc2nn[nH]c2c1. The van der Waals surface area contributed by atoms with Crippen LogP contribution in [0.1, 0.15) is 0 Å². The third-order valence-electron chi connectivity index (χ3n) is 1.65. The van der Waals surface area contributed by atoms with Crippen LogP contribution < -0.4 is 5.46 Å². The summed E-state index contributed by atoms with van der Waals surface area (Å²) in [6.45, 7) is 0. The van der Waals surface area contributed by atoms with Crippen LogP contribution in [0.5, 0.6) is 0 Å². The molecule has 0 saturated heterocycles. The van der Waals surface area contributed by atoms with Crippen molar-refractivity contribution in [3.63, 3.8) is 0 Å². The van der Waals surface area contributed by atoms with E-state index in [1.54, 1.807) is 18.2 Å². The molecule has 0 radical (unpaired) electrons. The lowest BCUT2D eigenvalue weighted by Gasteiger charge is -1.96. The highest BCUT2D eigenvalue weighted by atomic mass is 16.4. The molecule has 0 unspecified atom stereocenters. The number of nitrogens with one attached hydrogen (secondary N) is 1. The van der Waals surface area contributed by atoms with Crippen molar-refractivity contribution in [3.05, 3.63) is 18.2 Å². The van der Waals surface area contributed by atoms with E-state index in [1.807, 2.05) is 0 Å². The monoisotopic (exact) mass is 163 g/mol. The van der Waals surface area contributed by atoms with Gasteiger partial charge >= 0.3 is 7.12 Å². The Morgan fingerprint density at radius 1 is 1.33 bits per heavy atom. The van der Waals surface area contributed by atoms with Crippen molar-refractivity contribution in [1.29, 1.82) is 0 Å². The van der Waals surface area contributed by atoms with Gasteiger partial charge in [-0.15, -0.1) is 5.10 Å². The molecule has 2 rings (SSSR count). The van der Waals surface area contributed by atoms with Gasteiger partial charge in [-0.2, -0.15) is 0 Å². The number of hydrogen-bond acceptors (Lipinski definition) is 4. The topological polar surface area (TPSA) is 82.0 Å². The molecule has 0 aliphatic carbocycles. The molecule has 6 heteroatoms. The zero-order valence-electron chi connectivity index (χ0n) is 6.10. The molecule has 0 bridgehead atoms. The van der Waals surface area contributed by atoms with Gasteiger partial charge in [0.25, 0.3) is 0 Å². The van der Waals surface area contributed by atoms with Gasteiger partial charge in [-0.25, -0.2) is 0 Å². The molecular weight excluding hydrogens is 157 g/mol. The first-order chi connectivity index (χ1) is 5.77. The molecule has 12 heavy (non-hydrogen) atoms. The van der Waals surface area contributed by atoms with Gasteiger partial charge in [-0.05, 0) is 17.6 Å². The van der Waals surface area contributed by atoms with Crippen molar-refractivity contribution >= 4 is 23.6 Å². The summed E-state index contributed by atoms with van der Waals surface area (Å²) in [5.41, 5.74) is 1.83. The van der Waals surface area contributed by atoms with E-state index in [1.165, 1.54) is 0 Å². The second-order valence-corrected chi connectivity index (χ2v) is 2.46. The molecule has 60 valence electrons. The van der Waals surface area contributed by atoms with Crippen LogP contribution in [-0.2, 0) is 0 Å². The summed E-state index contributed by atoms with van der Waals surface area (Å²) in [7, 11) is -1.45. The third-order valence-corrected chi connectivity index (χ3v) is 1.65. The average Bonchev–Trinajstić information content (AvgIpc) is 2.49. The molecule has 0 fully saturated rings. The summed E-state index contributed by atoms with van der Waals surface area (Å²) >= 11 is 0. The van der Waals surface area contributed by atoms with Crippen LogP contribution in [0, 0.1) is 0 Å². The first-order valence-corrected chi connectivity index (χ1v) is 3.44. The number of benzene rings is 1. The van der Waals surface area contributed by atoms with Crippen LogP contribution in [0.3, 0.4) is 0 Å². The maximum atomic E-state index is 8.82. The highest BCUT2D eigenvalue weighted by molar-refractivity contribution is 6.58. The van der Waals surface area contributed by atoms with Crippen LogP contribution in [0.4, 0.5) is 0 Å². The van der Waals surface area contributed by atoms with E-state index in [4.69, 9.17) is 10.0 Å². The van der Waals surface area contributed by atoms with E-state index in [0.29, 0.717) is 16.5 Å². The molecule has 1 aromatic carbocycles. The normalized spacial score (nSPS) is 10.5. The predicted molar refractivity (Wildman–Crippen MR) is 43.7 cm³/mol. The van der Waals surface area contributed by atoms with E-state index < -0.39 is 7.12 Å². The Bertz CT molecular complexity index is 400. The van der Waals surface area contributed by atoms with E-state index >= 15 is 0 Å². The number of fused-ring (bicyclic) bond motifs is 1. The number of H-pyrrole nitrogens is 1. The van der Waals surface area contributed by atoms with Crippen molar-refractivity contribution < 1.29 is 10.0 Å². The molecule has 1 aromatic heterocycles. The summed E-state index contributed by atoms with van der Waals surface area (Å²) in [6.07, 6.45) is 0. The van der Waals surface area contributed by atoms with Gasteiger partial charge in [-0.3, -0.25) is 5.10 Å². The molecule has 0 atom stereocenters. The average molecular weight is 163 g/mol. The van der Waals surface area contributed by atoms with Crippen molar-refractivity contribution in [2.24, 2.45) is 0 Å². The van der Waals surface area contributed by atoms with Gasteiger partial charge in [0.2, 0.25) is 0 Å². The number of nitrogens with zero attached hydrogens (tertiary/aromatic N) is 2. The van der Waals surface area contributed by atoms with E-state index in [0.717, 1.165) is 0 Å². The zero-order chi connectivity index (χ0) is 8.55. The second-order valence-electron chi connectivity index (χ2n) is 2.46. The Morgan fingerprint density at radius 2 is 2.17 bits per heavy atom. The lowest BCUT2D eigenvalue weighted by atomic mass is 9.80. The first-order valence-electron chi connectivity index (χ1n) is 3.44. The third kappa shape index (κ3) is 1.07. The molecule has 0 saturated carbocycles. The smallest absolute Gasteiger partial charge is 0.423 e. The molecule has 1 heterocycles. The number of aromatic amines is 1. The minimum Gasteiger partial charge on any atom is -0.423 e. The summed E-state index contributed by atoms with van der Waals surface area (Å²) in [5.74, 6) is 0. The maximum absolute atomic E-state index is 8.82. The van der Waals surface area contributed by atoms with Gasteiger partial charge in [0, 0.05) is 0 Å². The van der Waals surface area contributed by atoms with Gasteiger partial charge < -0.3 is 10.0 Å². The van der Waals surface area contributed by atoms with Crippen LogP contribution in [0.15, 0.2) is 18.2 Å². The van der Waals surface area contributed by atoms with Crippen molar-refractivity contribution in [2.75, 3.05) is 0 Å². The molecular formula is C6H6BN3O2. The van der Waals surface area contributed by atoms with Crippen LogP contribution in [0.25, 0.3) is 11.0 Å². The van der Waals surface area contributed by atoms with Crippen molar-refractivity contribution in [1.82, 2.24) is 15.4 Å². The fourth-order valence-electron chi connectivity index (χ4n) is 1.02. The van der Waals surface area contributed by atoms with Crippen molar-refractivity contribution in [3.8, 4) is 0 Å². The van der Waals surface area contributed by atoms with Gasteiger partial charge in [0.1, 0.15) is 5.52 Å². The lowest BCUT2D eigenvalue weighted by Crippen LogP contribution is -2.29. The number of rotatable bonds is 1. The molecule has 0 aliphatic rings. The molecule has 5 nitrogen and oxygen atoms in total. The number of hydrogen-bond donors (Lipinski definition) is 3. The standard InChI is InChI=1S/C6H6BN3O2/c11-7(12)4-1-2-5-6(3-4)9-10-8-5/h1-3,11-12H,(H,8,9,10). The van der Waals surface area contributed by atoms with Gasteiger partial charge in [-0.1, -0.05) is 11.3 Å². The Labute approximate surface area is 68.2 Å². The first kappa shape index (κ1) is 7.26. The molecule has 0 aliphatic heterocycles. The van der Waals surface area contributed by atoms with E-state index in [9.17, 15) is 0 Å². The van der Waals surface area contributed by atoms with Crippen LogP contribution >= 0.6 is 0 Å². The zero-order valence-corrected chi connectivity index (χ0v) is 6.10. The Balaban J connectivity index is 2.60. The van der Waals surface area contributed by atoms with Crippen LogP contribution in [0.2, 0.25) is 0 Å². The summed E-state index contributed by atoms with van der Waals surface area (Å²) in [5, 5.41) is 27.6. The largest absolute Gasteiger partial charge is 0.488 e. The minimum atomic E-state index is -1.45. The predicted octanol–water partition coefficient (Wildman–Crippen LogP) is -1.36. The van der Waals surface area contributed by atoms with Crippen molar-refractivity contribution in [2.45, 2.75) is 0 Å². The minimum absolute atomic E-state index is 0.425. The summed E-state index contributed by atoms with van der Waals surface area (Å²) in [4.78, 5) is 0. The lowest BCUT2D eigenvalue weighted by molar-refractivity contribution is 0.426. The van der Waals surface area contributed by atoms with Crippen LogP contribution in [-0.4, -0.2) is 32.6 Å². The van der Waals surface area contributed by atoms with Gasteiger partial charge in [0.15, 0.2) is 0 Å².